The van der Waals surface area contributed by atoms with Gasteiger partial charge in [-0.3, -0.25) is 14.6 Å². The lowest BCUT2D eigenvalue weighted by molar-refractivity contribution is 0.586. The van der Waals surface area contributed by atoms with E-state index >= 15 is 0 Å². The molecule has 4 rings (SSSR count). The highest BCUT2D eigenvalue weighted by Gasteiger charge is 2.24. The van der Waals surface area contributed by atoms with Gasteiger partial charge in [0.2, 0.25) is 9.84 Å². The van der Waals surface area contributed by atoms with E-state index in [1.54, 1.807) is 24.4 Å². The molecule has 0 aliphatic rings. The third-order valence-corrected chi connectivity index (χ3v) is 6.95. The van der Waals surface area contributed by atoms with Crippen molar-refractivity contribution >= 4 is 26.5 Å². The van der Waals surface area contributed by atoms with Gasteiger partial charge >= 0.3 is 0 Å². The van der Waals surface area contributed by atoms with Crippen LogP contribution in [-0.4, -0.2) is 22.4 Å². The quantitative estimate of drug-likeness (QED) is 0.511. The number of sulfone groups is 1. The number of nitrogens with zero attached hydrogens (tertiary/aromatic N) is 3. The van der Waals surface area contributed by atoms with Gasteiger partial charge in [0.15, 0.2) is 0 Å². The Morgan fingerprint density at radius 2 is 1.77 bits per heavy atom. The summed E-state index contributed by atoms with van der Waals surface area (Å²) in [4.78, 5) is 17.8. The predicted molar refractivity (Wildman–Crippen MR) is 114 cm³/mol. The Bertz CT molecular complexity index is 1520. The van der Waals surface area contributed by atoms with E-state index in [0.29, 0.717) is 24.3 Å². The fraction of sp³-hybridized carbons (Fsp3) is 0.227. The molecule has 8 heteroatoms. The third kappa shape index (κ3) is 3.04. The molecule has 0 unspecified atom stereocenters. The van der Waals surface area contributed by atoms with Gasteiger partial charge in [0.1, 0.15) is 21.7 Å². The van der Waals surface area contributed by atoms with Crippen LogP contribution in [0.4, 0.5) is 0 Å². The molecule has 7 nitrogen and oxygen atoms in total. The molecule has 0 spiro atoms. The van der Waals surface area contributed by atoms with Crippen molar-refractivity contribution < 1.29 is 8.42 Å². The van der Waals surface area contributed by atoms with Gasteiger partial charge in [-0.05, 0) is 50.1 Å². The molecule has 0 atom stereocenters. The van der Waals surface area contributed by atoms with Crippen LogP contribution in [0.1, 0.15) is 24.5 Å². The Morgan fingerprint density at radius 1 is 1.07 bits per heavy atom. The number of hydrogen-bond acceptors (Lipinski definition) is 5. The first-order valence-corrected chi connectivity index (χ1v) is 11.2. The molecule has 1 N–H and O–H groups in total. The molecule has 0 aliphatic carbocycles. The van der Waals surface area contributed by atoms with Crippen molar-refractivity contribution in [1.82, 2.24) is 14.0 Å². The summed E-state index contributed by atoms with van der Waals surface area (Å²) in [6.45, 7) is 6.03. The zero-order chi connectivity index (χ0) is 21.6. The molecule has 0 saturated heterocycles. The van der Waals surface area contributed by atoms with Crippen LogP contribution in [0.5, 0.6) is 0 Å². The molecule has 0 amide bonds. The third-order valence-electron chi connectivity index (χ3n) is 5.17. The van der Waals surface area contributed by atoms with Crippen LogP contribution in [0.3, 0.4) is 0 Å². The van der Waals surface area contributed by atoms with E-state index in [1.807, 2.05) is 26.8 Å². The molecule has 3 aromatic heterocycles. The van der Waals surface area contributed by atoms with Gasteiger partial charge < -0.3 is 4.57 Å². The zero-order valence-corrected chi connectivity index (χ0v) is 17.8. The van der Waals surface area contributed by atoms with Crippen molar-refractivity contribution in [3.8, 4) is 0 Å². The number of rotatable bonds is 4. The fourth-order valence-corrected chi connectivity index (χ4v) is 4.95. The van der Waals surface area contributed by atoms with Crippen LogP contribution in [0.25, 0.3) is 16.7 Å². The van der Waals surface area contributed by atoms with Gasteiger partial charge in [-0.15, -0.1) is 0 Å². The second-order valence-electron chi connectivity index (χ2n) is 7.36. The molecule has 0 aliphatic heterocycles. The Morgan fingerprint density at radius 3 is 2.43 bits per heavy atom. The first-order valence-electron chi connectivity index (χ1n) is 9.67. The predicted octanol–water partition coefficient (Wildman–Crippen LogP) is 2.99. The smallest absolute Gasteiger partial charge is 0.267 e. The summed E-state index contributed by atoms with van der Waals surface area (Å²) in [6, 6.07) is 11.4. The largest absolute Gasteiger partial charge is 0.310 e. The SMILES string of the molecule is CCCn1c(=N)c(S(=O)(=O)c2ccc(C)cc2)cc2c(=O)n3cccc(C)c3nc21. The molecule has 0 bridgehead atoms. The van der Waals surface area contributed by atoms with E-state index < -0.39 is 9.84 Å². The lowest BCUT2D eigenvalue weighted by Gasteiger charge is -2.15. The Balaban J connectivity index is 2.15. The zero-order valence-electron chi connectivity index (χ0n) is 17.0. The summed E-state index contributed by atoms with van der Waals surface area (Å²) in [5.41, 5.74) is 2.04. The Hall–Kier alpha value is -3.26. The molecule has 0 fully saturated rings. The summed E-state index contributed by atoms with van der Waals surface area (Å²) in [5.74, 6) is 0. The van der Waals surface area contributed by atoms with Crippen molar-refractivity contribution in [2.24, 2.45) is 0 Å². The van der Waals surface area contributed by atoms with E-state index in [9.17, 15) is 13.2 Å². The van der Waals surface area contributed by atoms with Gasteiger partial charge in [-0.1, -0.05) is 30.7 Å². The normalized spacial score (nSPS) is 12.0. The van der Waals surface area contributed by atoms with Gasteiger partial charge in [-0.25, -0.2) is 13.4 Å². The number of hydrogen-bond donors (Lipinski definition) is 1. The molecular weight excluding hydrogens is 400 g/mol. The second kappa shape index (κ2) is 7.21. The minimum atomic E-state index is -3.98. The van der Waals surface area contributed by atoms with E-state index in [0.717, 1.165) is 11.1 Å². The molecular formula is C22H22N4O3S. The van der Waals surface area contributed by atoms with Crippen LogP contribution in [0.2, 0.25) is 0 Å². The van der Waals surface area contributed by atoms with E-state index in [4.69, 9.17) is 5.41 Å². The summed E-state index contributed by atoms with van der Waals surface area (Å²) in [6.07, 6.45) is 2.28. The Kier molecular flexibility index (Phi) is 4.82. The number of aryl methyl sites for hydroxylation is 3. The Labute approximate surface area is 173 Å². The molecule has 4 aromatic rings. The van der Waals surface area contributed by atoms with Crippen molar-refractivity contribution in [3.05, 3.63) is 75.6 Å². The van der Waals surface area contributed by atoms with Gasteiger partial charge in [-0.2, -0.15) is 0 Å². The van der Waals surface area contributed by atoms with Crippen molar-refractivity contribution in [1.29, 1.82) is 5.41 Å². The summed E-state index contributed by atoms with van der Waals surface area (Å²) >= 11 is 0. The summed E-state index contributed by atoms with van der Waals surface area (Å²) < 4.78 is 29.6. The van der Waals surface area contributed by atoms with E-state index in [1.165, 1.54) is 27.2 Å². The highest BCUT2D eigenvalue weighted by molar-refractivity contribution is 7.91. The average Bonchev–Trinajstić information content (AvgIpc) is 2.71. The van der Waals surface area contributed by atoms with Crippen LogP contribution >= 0.6 is 0 Å². The number of nitrogens with one attached hydrogen (secondary N) is 1. The molecule has 30 heavy (non-hydrogen) atoms. The fourth-order valence-electron chi connectivity index (χ4n) is 3.56. The lowest BCUT2D eigenvalue weighted by Crippen LogP contribution is -2.30. The second-order valence-corrected chi connectivity index (χ2v) is 9.28. The molecule has 0 radical (unpaired) electrons. The van der Waals surface area contributed by atoms with Crippen LogP contribution in [0.15, 0.2) is 63.2 Å². The van der Waals surface area contributed by atoms with Gasteiger partial charge in [0.25, 0.3) is 5.56 Å². The van der Waals surface area contributed by atoms with Crippen molar-refractivity contribution in [2.45, 2.75) is 43.5 Å². The number of aromatic nitrogens is 3. The number of benzene rings is 1. The van der Waals surface area contributed by atoms with Crippen LogP contribution < -0.4 is 11.0 Å². The van der Waals surface area contributed by atoms with Crippen LogP contribution in [-0.2, 0) is 16.4 Å². The topological polar surface area (TPSA) is 97.3 Å². The van der Waals surface area contributed by atoms with E-state index in [-0.39, 0.29) is 26.2 Å². The van der Waals surface area contributed by atoms with Gasteiger partial charge in [0, 0.05) is 12.7 Å². The van der Waals surface area contributed by atoms with Crippen LogP contribution in [0, 0.1) is 19.3 Å². The molecule has 0 saturated carbocycles. The standard InChI is InChI=1S/C22H22N4O3S/c1-4-11-25-19(23)18(30(28,29)16-9-7-14(2)8-10-16)13-17-21(25)24-20-15(3)6-5-12-26(20)22(17)27/h5-10,12-13,23H,4,11H2,1-3H3. The molecule has 154 valence electrons. The first kappa shape index (κ1) is 20.0. The summed E-state index contributed by atoms with van der Waals surface area (Å²) in [7, 11) is -3.98. The van der Waals surface area contributed by atoms with Crippen molar-refractivity contribution in [2.75, 3.05) is 0 Å². The highest BCUT2D eigenvalue weighted by Crippen LogP contribution is 2.21. The van der Waals surface area contributed by atoms with E-state index in [2.05, 4.69) is 4.98 Å². The minimum absolute atomic E-state index is 0.0914. The average molecular weight is 423 g/mol. The maximum absolute atomic E-state index is 13.3. The molecule has 1 aromatic carbocycles. The van der Waals surface area contributed by atoms with Gasteiger partial charge in [0.05, 0.1) is 10.3 Å². The maximum atomic E-state index is 13.3. The number of fused-ring (bicyclic) bond motifs is 2. The monoisotopic (exact) mass is 422 g/mol. The first-order chi connectivity index (χ1) is 14.3. The summed E-state index contributed by atoms with van der Waals surface area (Å²) in [5, 5.41) is 8.82. The lowest BCUT2D eigenvalue weighted by atomic mass is 10.2. The number of pyridine rings is 2. The van der Waals surface area contributed by atoms with Crippen molar-refractivity contribution in [3.63, 3.8) is 0 Å². The molecule has 3 heterocycles. The minimum Gasteiger partial charge on any atom is -0.310 e. The maximum Gasteiger partial charge on any atom is 0.267 e. The highest BCUT2D eigenvalue weighted by atomic mass is 32.2.